The number of nitrogens with one attached hydrogen (secondary N) is 3. The summed E-state index contributed by atoms with van der Waals surface area (Å²) in [6, 6.07) is 6.75. The molecule has 1 heterocycles. The molecule has 0 aliphatic carbocycles. The first-order valence-corrected chi connectivity index (χ1v) is 8.35. The summed E-state index contributed by atoms with van der Waals surface area (Å²) in [5, 5.41) is 12.5. The molecule has 0 saturated heterocycles. The van der Waals surface area contributed by atoms with Crippen LogP contribution in [0.2, 0.25) is 0 Å². The lowest BCUT2D eigenvalue weighted by molar-refractivity contribution is 0.102. The van der Waals surface area contributed by atoms with Crippen molar-refractivity contribution in [1.82, 2.24) is 15.1 Å². The number of anilines is 2. The van der Waals surface area contributed by atoms with Gasteiger partial charge in [0.1, 0.15) is 0 Å². The minimum Gasteiger partial charge on any atom is -0.336 e. The second-order valence-corrected chi connectivity index (χ2v) is 6.63. The molecule has 0 aliphatic rings. The molecule has 0 spiro atoms. The van der Waals surface area contributed by atoms with Crippen LogP contribution in [0.4, 0.5) is 16.2 Å². The van der Waals surface area contributed by atoms with Crippen molar-refractivity contribution in [3.63, 3.8) is 0 Å². The van der Waals surface area contributed by atoms with Gasteiger partial charge in [-0.05, 0) is 44.0 Å². The van der Waals surface area contributed by atoms with Crippen molar-refractivity contribution in [2.75, 3.05) is 10.6 Å². The monoisotopic (exact) mass is 343 g/mol. The Bertz CT molecular complexity index is 719. The Balaban J connectivity index is 1.93. The van der Waals surface area contributed by atoms with Crippen LogP contribution in [-0.2, 0) is 6.54 Å². The van der Waals surface area contributed by atoms with E-state index in [1.807, 2.05) is 13.8 Å². The number of nitrogens with zero attached hydrogens (tertiary/aromatic N) is 2. The van der Waals surface area contributed by atoms with E-state index in [1.54, 1.807) is 41.3 Å². The number of benzene rings is 1. The van der Waals surface area contributed by atoms with Crippen molar-refractivity contribution >= 4 is 23.3 Å². The van der Waals surface area contributed by atoms with Gasteiger partial charge in [-0.2, -0.15) is 5.10 Å². The molecule has 2 aromatic rings. The summed E-state index contributed by atoms with van der Waals surface area (Å²) in [7, 11) is 0. The predicted octanol–water partition coefficient (Wildman–Crippen LogP) is 3.32. The van der Waals surface area contributed by atoms with E-state index in [-0.39, 0.29) is 18.0 Å². The Morgan fingerprint density at radius 2 is 1.64 bits per heavy atom. The van der Waals surface area contributed by atoms with Crippen LogP contribution in [0, 0.1) is 5.92 Å². The van der Waals surface area contributed by atoms with Gasteiger partial charge in [0, 0.05) is 30.2 Å². The zero-order valence-electron chi connectivity index (χ0n) is 15.0. The summed E-state index contributed by atoms with van der Waals surface area (Å²) in [5.74, 6) is 0.247. The molecule has 0 fully saturated rings. The number of hydrogen-bond donors (Lipinski definition) is 3. The molecule has 1 aromatic carbocycles. The lowest BCUT2D eigenvalue weighted by Gasteiger charge is -2.10. The maximum atomic E-state index is 12.3. The van der Waals surface area contributed by atoms with Crippen LogP contribution < -0.4 is 16.0 Å². The van der Waals surface area contributed by atoms with Gasteiger partial charge in [0.15, 0.2) is 0 Å². The van der Waals surface area contributed by atoms with Gasteiger partial charge in [-0.1, -0.05) is 13.8 Å². The van der Waals surface area contributed by atoms with E-state index in [1.165, 1.54) is 0 Å². The van der Waals surface area contributed by atoms with Crippen LogP contribution in [0.1, 0.15) is 38.1 Å². The smallest absolute Gasteiger partial charge is 0.319 e. The molecule has 1 aromatic heterocycles. The molecule has 3 N–H and O–H groups in total. The maximum absolute atomic E-state index is 12.3. The highest BCUT2D eigenvalue weighted by molar-refractivity contribution is 6.04. The van der Waals surface area contributed by atoms with Crippen LogP contribution in [0.15, 0.2) is 36.7 Å². The van der Waals surface area contributed by atoms with Crippen molar-refractivity contribution in [3.05, 3.63) is 42.2 Å². The Labute approximate surface area is 147 Å². The summed E-state index contributed by atoms with van der Waals surface area (Å²) < 4.78 is 1.76. The molecule has 25 heavy (non-hydrogen) atoms. The van der Waals surface area contributed by atoms with E-state index < -0.39 is 0 Å². The molecule has 0 atom stereocenters. The number of amides is 3. The molecule has 3 amide bonds. The van der Waals surface area contributed by atoms with Crippen molar-refractivity contribution in [3.8, 4) is 0 Å². The molecule has 0 radical (unpaired) electrons. The van der Waals surface area contributed by atoms with Gasteiger partial charge < -0.3 is 16.0 Å². The first-order chi connectivity index (χ1) is 11.8. The highest BCUT2D eigenvalue weighted by Crippen LogP contribution is 2.15. The number of carbonyl (C=O) groups is 2. The number of carbonyl (C=O) groups excluding carboxylic acids is 2. The van der Waals surface area contributed by atoms with Gasteiger partial charge >= 0.3 is 6.03 Å². The fourth-order valence-electron chi connectivity index (χ4n) is 2.22. The Kier molecular flexibility index (Phi) is 6.16. The van der Waals surface area contributed by atoms with E-state index in [0.29, 0.717) is 22.9 Å². The molecule has 7 nitrogen and oxygen atoms in total. The van der Waals surface area contributed by atoms with E-state index in [4.69, 9.17) is 0 Å². The predicted molar refractivity (Wildman–Crippen MR) is 98.8 cm³/mol. The molecule has 134 valence electrons. The quantitative estimate of drug-likeness (QED) is 0.752. The first-order valence-electron chi connectivity index (χ1n) is 8.35. The average molecular weight is 343 g/mol. The molecule has 2 rings (SSSR count). The van der Waals surface area contributed by atoms with E-state index in [0.717, 1.165) is 6.54 Å². The lowest BCUT2D eigenvalue weighted by Crippen LogP contribution is -2.34. The van der Waals surface area contributed by atoms with Gasteiger partial charge in [0.05, 0.1) is 11.8 Å². The summed E-state index contributed by atoms with van der Waals surface area (Å²) in [6.45, 7) is 8.74. The molecule has 0 bridgehead atoms. The summed E-state index contributed by atoms with van der Waals surface area (Å²) in [5.41, 5.74) is 1.82. The Morgan fingerprint density at radius 1 is 1.04 bits per heavy atom. The summed E-state index contributed by atoms with van der Waals surface area (Å²) in [4.78, 5) is 23.9. The largest absolute Gasteiger partial charge is 0.336 e. The van der Waals surface area contributed by atoms with Gasteiger partial charge in [-0.15, -0.1) is 0 Å². The molecule has 0 saturated carbocycles. The van der Waals surface area contributed by atoms with Gasteiger partial charge in [-0.3, -0.25) is 9.48 Å². The number of rotatable bonds is 6. The minimum absolute atomic E-state index is 0.0650. The molecular weight excluding hydrogens is 318 g/mol. The zero-order valence-corrected chi connectivity index (χ0v) is 15.0. The van der Waals surface area contributed by atoms with Crippen LogP contribution in [0.3, 0.4) is 0 Å². The fourth-order valence-corrected chi connectivity index (χ4v) is 2.22. The third-order valence-corrected chi connectivity index (χ3v) is 3.27. The van der Waals surface area contributed by atoms with E-state index in [2.05, 4.69) is 34.9 Å². The van der Waals surface area contributed by atoms with E-state index >= 15 is 0 Å². The van der Waals surface area contributed by atoms with Crippen molar-refractivity contribution in [1.29, 1.82) is 0 Å². The third-order valence-electron chi connectivity index (χ3n) is 3.27. The van der Waals surface area contributed by atoms with E-state index in [9.17, 15) is 9.59 Å². The number of urea groups is 1. The van der Waals surface area contributed by atoms with Crippen LogP contribution in [-0.4, -0.2) is 27.8 Å². The van der Waals surface area contributed by atoms with Gasteiger partial charge in [-0.25, -0.2) is 4.79 Å². The van der Waals surface area contributed by atoms with Crippen LogP contribution in [0.25, 0.3) is 0 Å². The van der Waals surface area contributed by atoms with Crippen molar-refractivity contribution in [2.45, 2.75) is 40.3 Å². The molecule has 0 unspecified atom stereocenters. The normalized spacial score (nSPS) is 10.8. The second kappa shape index (κ2) is 8.32. The fraction of sp³-hybridized carbons (Fsp3) is 0.389. The van der Waals surface area contributed by atoms with Gasteiger partial charge in [0.25, 0.3) is 5.91 Å². The standard InChI is InChI=1S/C18H25N5O2/c1-12(2)10-23-11-14(9-19-23)17(24)21-15-5-7-16(8-6-15)22-18(25)20-13(3)4/h5-9,11-13H,10H2,1-4H3,(H,21,24)(H2,20,22,25). The topological polar surface area (TPSA) is 88.0 Å². The lowest BCUT2D eigenvalue weighted by atomic mass is 10.2. The molecule has 7 heteroatoms. The number of hydrogen-bond acceptors (Lipinski definition) is 3. The number of aromatic nitrogens is 2. The SMILES string of the molecule is CC(C)Cn1cc(C(=O)Nc2ccc(NC(=O)NC(C)C)cc2)cn1. The first kappa shape index (κ1) is 18.5. The van der Waals surface area contributed by atoms with Crippen LogP contribution >= 0.6 is 0 Å². The Hall–Kier alpha value is -2.83. The highest BCUT2D eigenvalue weighted by atomic mass is 16.2. The van der Waals surface area contributed by atoms with Crippen LogP contribution in [0.5, 0.6) is 0 Å². The highest BCUT2D eigenvalue weighted by Gasteiger charge is 2.10. The molecular formula is C18H25N5O2. The Morgan fingerprint density at radius 3 is 2.20 bits per heavy atom. The summed E-state index contributed by atoms with van der Waals surface area (Å²) in [6.07, 6.45) is 3.30. The van der Waals surface area contributed by atoms with Gasteiger partial charge in [0.2, 0.25) is 0 Å². The zero-order chi connectivity index (χ0) is 18.4. The van der Waals surface area contributed by atoms with Crippen molar-refractivity contribution < 1.29 is 9.59 Å². The second-order valence-electron chi connectivity index (χ2n) is 6.63. The summed E-state index contributed by atoms with van der Waals surface area (Å²) >= 11 is 0. The molecule has 0 aliphatic heterocycles. The van der Waals surface area contributed by atoms with Crippen molar-refractivity contribution in [2.24, 2.45) is 5.92 Å². The third kappa shape index (κ3) is 5.95. The maximum Gasteiger partial charge on any atom is 0.319 e. The minimum atomic E-state index is -0.260. The average Bonchev–Trinajstić information content (AvgIpc) is 2.96.